The molecule has 10 heavy (non-hydrogen) atoms. The van der Waals surface area contributed by atoms with E-state index in [0.717, 1.165) is 12.5 Å². The number of ether oxygens (including phenoxy) is 1. The van der Waals surface area contributed by atoms with Gasteiger partial charge in [-0.1, -0.05) is 22.4 Å². The van der Waals surface area contributed by atoms with E-state index in [2.05, 4.69) is 15.9 Å². The van der Waals surface area contributed by atoms with E-state index in [4.69, 9.17) is 4.74 Å². The second-order valence-electron chi connectivity index (χ2n) is 3.33. The number of rotatable bonds is 0. The first kappa shape index (κ1) is 7.11. The quantitative estimate of drug-likeness (QED) is 0.551. The topological polar surface area (TPSA) is 9.23 Å². The zero-order chi connectivity index (χ0) is 6.97. The fraction of sp³-hybridized carbons (Fsp3) is 1.00. The monoisotopic (exact) mass is 204 g/mol. The summed E-state index contributed by atoms with van der Waals surface area (Å²) in [4.78, 5) is 0.647. The highest BCUT2D eigenvalue weighted by Gasteiger charge is 2.36. The lowest BCUT2D eigenvalue weighted by atomic mass is 9.86. The molecule has 1 aliphatic heterocycles. The minimum Gasteiger partial charge on any atom is -0.377 e. The van der Waals surface area contributed by atoms with E-state index in [1.807, 2.05) is 0 Å². The molecule has 2 aliphatic rings. The molecular formula is C8H13BrO. The standard InChI is InChI=1S/C8H13BrO/c9-7-3-1-2-6-4-5-10-8(6)7/h6-8H,1-5H2. The molecule has 3 atom stereocenters. The molecular weight excluding hydrogens is 192 g/mol. The molecule has 1 heterocycles. The summed E-state index contributed by atoms with van der Waals surface area (Å²) in [6.07, 6.45) is 5.94. The van der Waals surface area contributed by atoms with E-state index in [-0.39, 0.29) is 0 Å². The van der Waals surface area contributed by atoms with Crippen LogP contribution in [0.1, 0.15) is 25.7 Å². The molecule has 0 bridgehead atoms. The third-order valence-corrected chi connectivity index (χ3v) is 3.65. The van der Waals surface area contributed by atoms with Crippen LogP contribution in [0.3, 0.4) is 0 Å². The van der Waals surface area contributed by atoms with Crippen molar-refractivity contribution in [3.05, 3.63) is 0 Å². The van der Waals surface area contributed by atoms with Crippen LogP contribution in [0.5, 0.6) is 0 Å². The van der Waals surface area contributed by atoms with Crippen molar-refractivity contribution in [3.63, 3.8) is 0 Å². The Morgan fingerprint density at radius 2 is 2.10 bits per heavy atom. The number of alkyl halides is 1. The second-order valence-corrected chi connectivity index (χ2v) is 4.51. The smallest absolute Gasteiger partial charge is 0.0728 e. The Bertz CT molecular complexity index is 126. The Balaban J connectivity index is 2.03. The summed E-state index contributed by atoms with van der Waals surface area (Å²) in [5.74, 6) is 0.873. The van der Waals surface area contributed by atoms with Gasteiger partial charge in [0.05, 0.1) is 6.10 Å². The van der Waals surface area contributed by atoms with Crippen LogP contribution in [0.15, 0.2) is 0 Å². The van der Waals surface area contributed by atoms with Crippen molar-refractivity contribution in [3.8, 4) is 0 Å². The summed E-state index contributed by atoms with van der Waals surface area (Å²) in [6.45, 7) is 0.997. The van der Waals surface area contributed by atoms with Crippen LogP contribution in [0.4, 0.5) is 0 Å². The SMILES string of the molecule is BrC1CCCC2CCOC12. The van der Waals surface area contributed by atoms with Gasteiger partial charge in [0.2, 0.25) is 0 Å². The van der Waals surface area contributed by atoms with Gasteiger partial charge < -0.3 is 4.74 Å². The normalized spacial score (nSPS) is 47.1. The van der Waals surface area contributed by atoms with E-state index in [1.54, 1.807) is 0 Å². The molecule has 1 aliphatic carbocycles. The predicted octanol–water partition coefficient (Wildman–Crippen LogP) is 2.34. The minimum atomic E-state index is 0.550. The Kier molecular flexibility index (Phi) is 2.01. The molecule has 0 aromatic rings. The molecule has 0 amide bonds. The van der Waals surface area contributed by atoms with Gasteiger partial charge in [-0.3, -0.25) is 0 Å². The molecule has 3 unspecified atom stereocenters. The molecule has 0 aromatic heterocycles. The Hall–Kier alpha value is 0.440. The summed E-state index contributed by atoms with van der Waals surface area (Å²) in [5, 5.41) is 0. The molecule has 0 radical (unpaired) electrons. The molecule has 1 nitrogen and oxygen atoms in total. The molecule has 0 N–H and O–H groups in total. The van der Waals surface area contributed by atoms with E-state index in [1.165, 1.54) is 25.7 Å². The van der Waals surface area contributed by atoms with Crippen LogP contribution in [-0.2, 0) is 4.74 Å². The van der Waals surface area contributed by atoms with Crippen molar-refractivity contribution in [2.45, 2.75) is 36.6 Å². The largest absolute Gasteiger partial charge is 0.377 e. The van der Waals surface area contributed by atoms with Crippen molar-refractivity contribution in [2.24, 2.45) is 5.92 Å². The highest BCUT2D eigenvalue weighted by atomic mass is 79.9. The fourth-order valence-corrected chi connectivity index (χ4v) is 3.01. The first-order valence-corrected chi connectivity index (χ1v) is 5.05. The highest BCUT2D eigenvalue weighted by Crippen LogP contribution is 2.37. The maximum absolute atomic E-state index is 5.62. The third kappa shape index (κ3) is 1.12. The van der Waals surface area contributed by atoms with Gasteiger partial charge in [0.25, 0.3) is 0 Å². The van der Waals surface area contributed by atoms with Crippen molar-refractivity contribution >= 4 is 15.9 Å². The average molecular weight is 205 g/mol. The van der Waals surface area contributed by atoms with Crippen molar-refractivity contribution in [2.75, 3.05) is 6.61 Å². The van der Waals surface area contributed by atoms with Crippen LogP contribution in [-0.4, -0.2) is 17.5 Å². The fourth-order valence-electron chi connectivity index (χ4n) is 2.10. The molecule has 2 fully saturated rings. The number of hydrogen-bond acceptors (Lipinski definition) is 1. The van der Waals surface area contributed by atoms with Crippen molar-refractivity contribution in [1.82, 2.24) is 0 Å². The summed E-state index contributed by atoms with van der Waals surface area (Å²) in [7, 11) is 0. The lowest BCUT2D eigenvalue weighted by Gasteiger charge is -2.28. The highest BCUT2D eigenvalue weighted by molar-refractivity contribution is 9.09. The van der Waals surface area contributed by atoms with E-state index < -0.39 is 0 Å². The second kappa shape index (κ2) is 2.82. The Labute approximate surface area is 70.3 Å². The Morgan fingerprint density at radius 3 is 2.90 bits per heavy atom. The third-order valence-electron chi connectivity index (χ3n) is 2.67. The molecule has 2 heteroatoms. The van der Waals surface area contributed by atoms with E-state index >= 15 is 0 Å². The van der Waals surface area contributed by atoms with Gasteiger partial charge in [-0.15, -0.1) is 0 Å². The molecule has 58 valence electrons. The Morgan fingerprint density at radius 1 is 1.20 bits per heavy atom. The zero-order valence-corrected chi connectivity index (χ0v) is 7.64. The van der Waals surface area contributed by atoms with Crippen LogP contribution < -0.4 is 0 Å². The van der Waals surface area contributed by atoms with Crippen molar-refractivity contribution < 1.29 is 4.74 Å². The van der Waals surface area contributed by atoms with E-state index in [0.29, 0.717) is 10.9 Å². The van der Waals surface area contributed by atoms with Crippen LogP contribution in [0, 0.1) is 5.92 Å². The van der Waals surface area contributed by atoms with Gasteiger partial charge >= 0.3 is 0 Å². The first-order chi connectivity index (χ1) is 4.88. The van der Waals surface area contributed by atoms with Crippen LogP contribution in [0.25, 0.3) is 0 Å². The van der Waals surface area contributed by atoms with Crippen LogP contribution in [0.2, 0.25) is 0 Å². The number of halogens is 1. The lowest BCUT2D eigenvalue weighted by Crippen LogP contribution is -2.30. The number of hydrogen-bond donors (Lipinski definition) is 0. The number of fused-ring (bicyclic) bond motifs is 1. The summed E-state index contributed by atoms with van der Waals surface area (Å²) < 4.78 is 5.62. The van der Waals surface area contributed by atoms with Gasteiger partial charge in [-0.25, -0.2) is 0 Å². The maximum atomic E-state index is 5.62. The summed E-state index contributed by atoms with van der Waals surface area (Å²) in [5.41, 5.74) is 0. The maximum Gasteiger partial charge on any atom is 0.0728 e. The van der Waals surface area contributed by atoms with Gasteiger partial charge in [0.1, 0.15) is 0 Å². The molecule has 0 aromatic carbocycles. The van der Waals surface area contributed by atoms with Gasteiger partial charge in [0, 0.05) is 11.4 Å². The molecule has 1 saturated heterocycles. The first-order valence-electron chi connectivity index (χ1n) is 4.13. The van der Waals surface area contributed by atoms with Gasteiger partial charge in [0.15, 0.2) is 0 Å². The minimum absolute atomic E-state index is 0.550. The van der Waals surface area contributed by atoms with Crippen molar-refractivity contribution in [1.29, 1.82) is 0 Å². The molecule has 2 rings (SSSR count). The van der Waals surface area contributed by atoms with E-state index in [9.17, 15) is 0 Å². The summed E-state index contributed by atoms with van der Waals surface area (Å²) in [6, 6.07) is 0. The van der Waals surface area contributed by atoms with Crippen LogP contribution >= 0.6 is 15.9 Å². The predicted molar refractivity (Wildman–Crippen MR) is 44.4 cm³/mol. The molecule has 0 spiro atoms. The zero-order valence-electron chi connectivity index (χ0n) is 6.05. The summed E-state index contributed by atoms with van der Waals surface area (Å²) >= 11 is 3.67. The van der Waals surface area contributed by atoms with Gasteiger partial charge in [-0.05, 0) is 25.2 Å². The van der Waals surface area contributed by atoms with Gasteiger partial charge in [-0.2, -0.15) is 0 Å². The average Bonchev–Trinajstić information content (AvgIpc) is 2.36. The lowest BCUT2D eigenvalue weighted by molar-refractivity contribution is 0.0733. The molecule has 1 saturated carbocycles.